The highest BCUT2D eigenvalue weighted by molar-refractivity contribution is 7.92. The van der Waals surface area contributed by atoms with Crippen molar-refractivity contribution in [2.24, 2.45) is 5.92 Å². The van der Waals surface area contributed by atoms with E-state index in [2.05, 4.69) is 22.1 Å². The molecule has 1 aromatic heterocycles. The zero-order valence-corrected chi connectivity index (χ0v) is 20.4. The maximum atomic E-state index is 12.9. The topological polar surface area (TPSA) is 82.6 Å². The molecule has 0 radical (unpaired) electrons. The Balaban J connectivity index is 1.38. The second-order valence-corrected chi connectivity index (χ2v) is 11.2. The summed E-state index contributed by atoms with van der Waals surface area (Å²) in [4.78, 5) is 19.7. The quantitative estimate of drug-likeness (QED) is 0.536. The van der Waals surface area contributed by atoms with Crippen LogP contribution >= 0.6 is 11.3 Å². The van der Waals surface area contributed by atoms with Gasteiger partial charge in [0.15, 0.2) is 5.13 Å². The van der Waals surface area contributed by atoms with Crippen LogP contribution in [-0.2, 0) is 16.6 Å². The van der Waals surface area contributed by atoms with Gasteiger partial charge in [0.25, 0.3) is 15.9 Å². The molecule has 2 aromatic carbocycles. The lowest BCUT2D eigenvalue weighted by Crippen LogP contribution is -2.32. The average Bonchev–Trinajstić information content (AvgIpc) is 3.27. The van der Waals surface area contributed by atoms with Crippen LogP contribution in [0.1, 0.15) is 35.8 Å². The summed E-state index contributed by atoms with van der Waals surface area (Å²) in [7, 11) is -2.21. The lowest BCUT2D eigenvalue weighted by molar-refractivity contribution is 0.102. The number of carbonyl (C=O) groups excluding carboxylic acids is 1. The van der Waals surface area contributed by atoms with E-state index in [9.17, 15) is 13.2 Å². The Kier molecular flexibility index (Phi) is 7.11. The van der Waals surface area contributed by atoms with Crippen molar-refractivity contribution in [2.45, 2.75) is 31.2 Å². The number of hydrogen-bond acceptors (Lipinski definition) is 6. The number of nitrogens with zero attached hydrogens (tertiary/aromatic N) is 3. The van der Waals surface area contributed by atoms with Gasteiger partial charge in [-0.3, -0.25) is 19.3 Å². The number of aromatic nitrogens is 1. The predicted molar refractivity (Wildman–Crippen MR) is 132 cm³/mol. The van der Waals surface area contributed by atoms with Crippen LogP contribution in [0.25, 0.3) is 0 Å². The summed E-state index contributed by atoms with van der Waals surface area (Å²) in [5, 5.41) is 5.34. The van der Waals surface area contributed by atoms with Crippen molar-refractivity contribution in [1.82, 2.24) is 9.88 Å². The fourth-order valence-corrected chi connectivity index (χ4v) is 5.66. The average molecular weight is 485 g/mol. The van der Waals surface area contributed by atoms with Crippen molar-refractivity contribution in [1.29, 1.82) is 0 Å². The first-order valence-corrected chi connectivity index (χ1v) is 13.3. The SMILES string of the molecule is CC1CCN(Cc2csc(NC(=O)c3ccc(S(=O)(=O)N(C)c4ccccc4)cc3)n2)CC1. The number of nitrogens with one attached hydrogen (secondary N) is 1. The minimum atomic E-state index is -3.72. The van der Waals surface area contributed by atoms with E-state index >= 15 is 0 Å². The number of likely N-dealkylation sites (tertiary alicyclic amines) is 1. The zero-order valence-electron chi connectivity index (χ0n) is 18.8. The molecule has 0 saturated carbocycles. The second-order valence-electron chi connectivity index (χ2n) is 8.39. The van der Waals surface area contributed by atoms with Gasteiger partial charge >= 0.3 is 0 Å². The number of anilines is 2. The van der Waals surface area contributed by atoms with Crippen molar-refractivity contribution < 1.29 is 13.2 Å². The molecule has 0 aliphatic carbocycles. The van der Waals surface area contributed by atoms with Gasteiger partial charge in [-0.05, 0) is 68.2 Å². The third kappa shape index (κ3) is 5.61. The third-order valence-corrected chi connectivity index (χ3v) is 8.54. The molecule has 1 aliphatic rings. The molecule has 0 atom stereocenters. The summed E-state index contributed by atoms with van der Waals surface area (Å²) < 4.78 is 27.0. The Morgan fingerprint density at radius 3 is 2.45 bits per heavy atom. The van der Waals surface area contributed by atoms with E-state index in [1.54, 1.807) is 24.3 Å². The van der Waals surface area contributed by atoms with E-state index in [4.69, 9.17) is 0 Å². The van der Waals surface area contributed by atoms with Gasteiger partial charge in [-0.15, -0.1) is 11.3 Å². The van der Waals surface area contributed by atoms with Crippen molar-refractivity contribution >= 4 is 38.1 Å². The number of rotatable bonds is 7. The molecule has 1 saturated heterocycles. The summed E-state index contributed by atoms with van der Waals surface area (Å²) in [6.07, 6.45) is 2.42. The molecule has 9 heteroatoms. The normalized spacial score (nSPS) is 15.3. The minimum absolute atomic E-state index is 0.123. The molecule has 0 spiro atoms. The number of piperidine rings is 1. The number of amides is 1. The van der Waals surface area contributed by atoms with Crippen molar-refractivity contribution in [3.63, 3.8) is 0 Å². The smallest absolute Gasteiger partial charge is 0.264 e. The number of carbonyl (C=O) groups is 1. The lowest BCUT2D eigenvalue weighted by Gasteiger charge is -2.29. The Morgan fingerprint density at radius 1 is 1.12 bits per heavy atom. The summed E-state index contributed by atoms with van der Waals surface area (Å²) >= 11 is 1.40. The third-order valence-electron chi connectivity index (χ3n) is 5.93. The monoisotopic (exact) mass is 484 g/mol. The second kappa shape index (κ2) is 10.0. The van der Waals surface area contributed by atoms with Gasteiger partial charge in [0.2, 0.25) is 0 Å². The molecule has 7 nitrogen and oxygen atoms in total. The van der Waals surface area contributed by atoms with E-state index in [1.807, 2.05) is 11.4 Å². The maximum absolute atomic E-state index is 12.9. The van der Waals surface area contributed by atoms with Crippen LogP contribution in [0.2, 0.25) is 0 Å². The van der Waals surface area contributed by atoms with Crippen LogP contribution in [0.5, 0.6) is 0 Å². The van der Waals surface area contributed by atoms with Gasteiger partial charge in [-0.1, -0.05) is 25.1 Å². The van der Waals surface area contributed by atoms with E-state index in [0.717, 1.165) is 31.2 Å². The molecular formula is C24H28N4O3S2. The number of hydrogen-bond donors (Lipinski definition) is 1. The zero-order chi connectivity index (χ0) is 23.4. The molecule has 33 heavy (non-hydrogen) atoms. The minimum Gasteiger partial charge on any atom is -0.298 e. The van der Waals surface area contributed by atoms with Crippen LogP contribution in [0.4, 0.5) is 10.8 Å². The molecule has 1 amide bonds. The fourth-order valence-electron chi connectivity index (χ4n) is 3.77. The summed E-state index contributed by atoms with van der Waals surface area (Å²) in [5.41, 5.74) is 1.89. The Bertz CT molecular complexity index is 1190. The molecule has 1 aliphatic heterocycles. The highest BCUT2D eigenvalue weighted by Gasteiger charge is 2.22. The Morgan fingerprint density at radius 2 is 1.79 bits per heavy atom. The molecular weight excluding hydrogens is 456 g/mol. The summed E-state index contributed by atoms with van der Waals surface area (Å²) in [5.74, 6) is 0.467. The standard InChI is InChI=1S/C24H28N4O3S2/c1-18-12-14-28(15-13-18)16-20-17-32-24(25-20)26-23(29)19-8-10-22(11-9-19)33(30,31)27(2)21-6-4-3-5-7-21/h3-11,17-18H,12-16H2,1-2H3,(H,25,26,29). The van der Waals surface area contributed by atoms with Gasteiger partial charge in [-0.2, -0.15) is 0 Å². The first kappa shape index (κ1) is 23.4. The number of para-hydroxylation sites is 1. The highest BCUT2D eigenvalue weighted by atomic mass is 32.2. The molecule has 2 heterocycles. The van der Waals surface area contributed by atoms with Gasteiger partial charge in [0.05, 0.1) is 16.3 Å². The number of thiazole rings is 1. The molecule has 3 aromatic rings. The highest BCUT2D eigenvalue weighted by Crippen LogP contribution is 2.23. The van der Waals surface area contributed by atoms with E-state index in [0.29, 0.717) is 16.4 Å². The van der Waals surface area contributed by atoms with Gasteiger partial charge < -0.3 is 0 Å². The molecule has 1 fully saturated rings. The van der Waals surface area contributed by atoms with Gasteiger partial charge in [-0.25, -0.2) is 13.4 Å². The molecule has 4 rings (SSSR count). The largest absolute Gasteiger partial charge is 0.298 e. The molecule has 0 bridgehead atoms. The fraction of sp³-hybridized carbons (Fsp3) is 0.333. The summed E-state index contributed by atoms with van der Waals surface area (Å²) in [6, 6.07) is 14.8. The van der Waals surface area contributed by atoms with Crippen LogP contribution < -0.4 is 9.62 Å². The van der Waals surface area contributed by atoms with Crippen molar-refractivity contribution in [3.8, 4) is 0 Å². The van der Waals surface area contributed by atoms with Crippen molar-refractivity contribution in [3.05, 3.63) is 71.2 Å². The van der Waals surface area contributed by atoms with Crippen LogP contribution in [0, 0.1) is 5.92 Å². The van der Waals surface area contributed by atoms with Crippen molar-refractivity contribution in [2.75, 3.05) is 29.8 Å². The number of benzene rings is 2. The first-order valence-electron chi connectivity index (χ1n) is 10.9. The molecule has 0 unspecified atom stereocenters. The van der Waals surface area contributed by atoms with E-state index < -0.39 is 10.0 Å². The number of sulfonamides is 1. The lowest BCUT2D eigenvalue weighted by atomic mass is 9.99. The van der Waals surface area contributed by atoms with Crippen LogP contribution in [-0.4, -0.2) is 44.3 Å². The maximum Gasteiger partial charge on any atom is 0.264 e. The predicted octanol–water partition coefficient (Wildman–Crippen LogP) is 4.45. The van der Waals surface area contributed by atoms with Crippen LogP contribution in [0.15, 0.2) is 64.9 Å². The molecule has 1 N–H and O–H groups in total. The van der Waals surface area contributed by atoms with E-state index in [1.165, 1.54) is 59.8 Å². The Hall–Kier alpha value is -2.75. The van der Waals surface area contributed by atoms with E-state index in [-0.39, 0.29) is 10.8 Å². The summed E-state index contributed by atoms with van der Waals surface area (Å²) in [6.45, 7) is 5.24. The van der Waals surface area contributed by atoms with Gasteiger partial charge in [0, 0.05) is 24.5 Å². The van der Waals surface area contributed by atoms with Crippen LogP contribution in [0.3, 0.4) is 0 Å². The first-order chi connectivity index (χ1) is 15.8. The molecule has 174 valence electrons. The van der Waals surface area contributed by atoms with Gasteiger partial charge in [0.1, 0.15) is 0 Å². The Labute approximate surface area is 199 Å².